The van der Waals surface area contributed by atoms with Gasteiger partial charge in [0.2, 0.25) is 0 Å². The Morgan fingerprint density at radius 1 is 1.42 bits per heavy atom. The summed E-state index contributed by atoms with van der Waals surface area (Å²) >= 11 is 0. The molecule has 0 radical (unpaired) electrons. The molecule has 0 bridgehead atoms. The summed E-state index contributed by atoms with van der Waals surface area (Å²) in [5, 5.41) is 6.56. The quantitative estimate of drug-likeness (QED) is 0.390. The summed E-state index contributed by atoms with van der Waals surface area (Å²) in [4.78, 5) is 22.8. The van der Waals surface area contributed by atoms with Gasteiger partial charge in [0.25, 0.3) is 5.91 Å². The molecule has 19 heavy (non-hydrogen) atoms. The Morgan fingerprint density at radius 2 is 2.21 bits per heavy atom. The number of nitrogens with one attached hydrogen (secondary N) is 2. The topological polar surface area (TPSA) is 115 Å². The minimum atomic E-state index is -0.515. The predicted molar refractivity (Wildman–Crippen MR) is 65.1 cm³/mol. The first-order chi connectivity index (χ1) is 9.15. The van der Waals surface area contributed by atoms with Gasteiger partial charge >= 0.3 is 5.91 Å². The highest BCUT2D eigenvalue weighted by Crippen LogP contribution is 2.12. The van der Waals surface area contributed by atoms with E-state index in [-0.39, 0.29) is 11.7 Å². The van der Waals surface area contributed by atoms with Crippen LogP contribution in [0.4, 0.5) is 0 Å². The summed E-state index contributed by atoms with van der Waals surface area (Å²) in [5.74, 6) is 4.39. The molecule has 0 saturated heterocycles. The zero-order valence-electron chi connectivity index (χ0n) is 10.2. The maximum absolute atomic E-state index is 11.4. The third-order valence-electron chi connectivity index (χ3n) is 2.52. The van der Waals surface area contributed by atoms with Gasteiger partial charge in [0, 0.05) is 18.8 Å². The average Bonchev–Trinajstić information content (AvgIpc) is 3.06. The van der Waals surface area contributed by atoms with Crippen LogP contribution in [-0.2, 0) is 6.54 Å². The number of nitrogens with two attached hydrogens (primary N) is 1. The molecule has 0 fully saturated rings. The van der Waals surface area contributed by atoms with E-state index in [9.17, 15) is 9.59 Å². The molecule has 0 aliphatic rings. The smallest absolute Gasteiger partial charge is 0.301 e. The molecule has 2 aromatic heterocycles. The average molecular weight is 263 g/mol. The minimum Gasteiger partial charge on any atom is -0.459 e. The van der Waals surface area contributed by atoms with Crippen molar-refractivity contribution in [1.29, 1.82) is 0 Å². The van der Waals surface area contributed by atoms with Gasteiger partial charge in [-0.1, -0.05) is 0 Å². The molecule has 2 heterocycles. The lowest BCUT2D eigenvalue weighted by molar-refractivity contribution is 0.0922. The van der Waals surface area contributed by atoms with E-state index in [1.807, 2.05) is 5.43 Å². The van der Waals surface area contributed by atoms with Crippen LogP contribution in [-0.4, -0.2) is 28.6 Å². The minimum absolute atomic E-state index is 0.125. The van der Waals surface area contributed by atoms with E-state index in [1.54, 1.807) is 18.3 Å². The number of carbonyl (C=O) groups excluding carboxylic acids is 2. The first-order valence-corrected chi connectivity index (χ1v) is 5.48. The Labute approximate surface area is 108 Å². The van der Waals surface area contributed by atoms with Gasteiger partial charge in [-0.15, -0.1) is 0 Å². The van der Waals surface area contributed by atoms with Crippen LogP contribution in [0.15, 0.2) is 29.0 Å². The summed E-state index contributed by atoms with van der Waals surface area (Å²) < 4.78 is 6.58. The molecule has 0 aromatic carbocycles. The second kappa shape index (κ2) is 5.36. The van der Waals surface area contributed by atoms with Crippen molar-refractivity contribution in [1.82, 2.24) is 20.5 Å². The van der Waals surface area contributed by atoms with Crippen LogP contribution in [0.2, 0.25) is 0 Å². The van der Waals surface area contributed by atoms with Crippen LogP contribution in [0.5, 0.6) is 0 Å². The summed E-state index contributed by atoms with van der Waals surface area (Å²) in [6, 6.07) is 3.23. The van der Waals surface area contributed by atoms with Gasteiger partial charge in [0.15, 0.2) is 5.76 Å². The van der Waals surface area contributed by atoms with Crippen molar-refractivity contribution >= 4 is 11.8 Å². The third-order valence-corrected chi connectivity index (χ3v) is 2.52. The van der Waals surface area contributed by atoms with Crippen molar-refractivity contribution in [3.05, 3.63) is 41.6 Å². The van der Waals surface area contributed by atoms with Crippen molar-refractivity contribution in [3.8, 4) is 0 Å². The molecule has 0 atom stereocenters. The van der Waals surface area contributed by atoms with Crippen LogP contribution in [0.1, 0.15) is 26.6 Å². The SMILES string of the molecule is CNC(=O)c1ccn(Cc2ccoc2C(=O)NN)n1. The summed E-state index contributed by atoms with van der Waals surface area (Å²) in [6.07, 6.45) is 3.03. The zero-order chi connectivity index (χ0) is 13.8. The number of rotatable bonds is 4. The van der Waals surface area contributed by atoms with Gasteiger partial charge in [-0.05, 0) is 12.1 Å². The first-order valence-electron chi connectivity index (χ1n) is 5.48. The van der Waals surface area contributed by atoms with Crippen molar-refractivity contribution in [2.75, 3.05) is 7.05 Å². The molecule has 2 amide bonds. The van der Waals surface area contributed by atoms with Gasteiger partial charge in [0.05, 0.1) is 12.8 Å². The molecule has 0 unspecified atom stereocenters. The normalized spacial score (nSPS) is 10.2. The van der Waals surface area contributed by atoms with Crippen molar-refractivity contribution in [2.45, 2.75) is 6.54 Å². The van der Waals surface area contributed by atoms with Gasteiger partial charge in [0.1, 0.15) is 5.69 Å². The number of amides is 2. The standard InChI is InChI=1S/C11H13N5O3/c1-13-10(17)8-2-4-16(15-8)6-7-3-5-19-9(7)11(18)14-12/h2-5H,6,12H2,1H3,(H,13,17)(H,14,18). The van der Waals surface area contributed by atoms with Gasteiger partial charge in [-0.25, -0.2) is 5.84 Å². The fraction of sp³-hybridized carbons (Fsp3) is 0.182. The lowest BCUT2D eigenvalue weighted by atomic mass is 10.2. The van der Waals surface area contributed by atoms with E-state index in [1.165, 1.54) is 18.0 Å². The Kier molecular flexibility index (Phi) is 3.62. The number of hydrazine groups is 1. The van der Waals surface area contributed by atoms with E-state index in [4.69, 9.17) is 10.3 Å². The summed E-state index contributed by atoms with van der Waals surface area (Å²) in [6.45, 7) is 0.302. The molecule has 8 heteroatoms. The Hall–Kier alpha value is -2.61. The number of hydrogen-bond donors (Lipinski definition) is 3. The molecular formula is C11H13N5O3. The number of hydrogen-bond acceptors (Lipinski definition) is 5. The second-order valence-electron chi connectivity index (χ2n) is 3.73. The van der Waals surface area contributed by atoms with E-state index >= 15 is 0 Å². The molecule has 4 N–H and O–H groups in total. The predicted octanol–water partition coefficient (Wildman–Crippen LogP) is -0.512. The van der Waals surface area contributed by atoms with Crippen LogP contribution < -0.4 is 16.6 Å². The van der Waals surface area contributed by atoms with Crippen LogP contribution in [0.25, 0.3) is 0 Å². The Bertz CT molecular complexity index is 601. The van der Waals surface area contributed by atoms with E-state index in [0.717, 1.165) is 0 Å². The van der Waals surface area contributed by atoms with Crippen LogP contribution in [0, 0.1) is 0 Å². The highest BCUT2D eigenvalue weighted by atomic mass is 16.3. The molecule has 0 aliphatic heterocycles. The lowest BCUT2D eigenvalue weighted by Crippen LogP contribution is -2.30. The third kappa shape index (κ3) is 2.63. The molecule has 2 rings (SSSR count). The van der Waals surface area contributed by atoms with Crippen molar-refractivity contribution < 1.29 is 14.0 Å². The monoisotopic (exact) mass is 263 g/mol. The van der Waals surface area contributed by atoms with Crippen molar-refractivity contribution in [3.63, 3.8) is 0 Å². The maximum Gasteiger partial charge on any atom is 0.301 e. The van der Waals surface area contributed by atoms with Crippen molar-refractivity contribution in [2.24, 2.45) is 5.84 Å². The molecule has 2 aromatic rings. The van der Waals surface area contributed by atoms with Gasteiger partial charge in [-0.2, -0.15) is 5.10 Å². The van der Waals surface area contributed by atoms with E-state index < -0.39 is 5.91 Å². The highest BCUT2D eigenvalue weighted by Gasteiger charge is 2.15. The van der Waals surface area contributed by atoms with Gasteiger partial charge < -0.3 is 9.73 Å². The maximum atomic E-state index is 11.4. The fourth-order valence-corrected chi connectivity index (χ4v) is 1.60. The van der Waals surface area contributed by atoms with Crippen LogP contribution in [0.3, 0.4) is 0 Å². The number of carbonyl (C=O) groups is 2. The number of nitrogens with zero attached hydrogens (tertiary/aromatic N) is 2. The fourth-order valence-electron chi connectivity index (χ4n) is 1.60. The molecule has 8 nitrogen and oxygen atoms in total. The van der Waals surface area contributed by atoms with E-state index in [2.05, 4.69) is 10.4 Å². The number of aromatic nitrogens is 2. The van der Waals surface area contributed by atoms with Crippen LogP contribution >= 0.6 is 0 Å². The van der Waals surface area contributed by atoms with E-state index in [0.29, 0.717) is 17.8 Å². The Balaban J connectivity index is 2.18. The second-order valence-corrected chi connectivity index (χ2v) is 3.73. The molecule has 100 valence electrons. The number of nitrogen functional groups attached to an aromatic ring is 1. The summed E-state index contributed by atoms with van der Waals surface area (Å²) in [5.41, 5.74) is 2.92. The molecular weight excluding hydrogens is 250 g/mol. The molecule has 0 aliphatic carbocycles. The zero-order valence-corrected chi connectivity index (χ0v) is 10.2. The number of furan rings is 1. The lowest BCUT2D eigenvalue weighted by Gasteiger charge is -2.02. The summed E-state index contributed by atoms with van der Waals surface area (Å²) in [7, 11) is 1.53. The largest absolute Gasteiger partial charge is 0.459 e. The Morgan fingerprint density at radius 3 is 2.89 bits per heavy atom. The first kappa shape index (κ1) is 12.8. The molecule has 0 saturated carbocycles. The molecule has 0 spiro atoms. The van der Waals surface area contributed by atoms with Gasteiger partial charge in [-0.3, -0.25) is 19.7 Å². The highest BCUT2D eigenvalue weighted by molar-refractivity contribution is 5.92.